The summed E-state index contributed by atoms with van der Waals surface area (Å²) < 4.78 is 2.47. The smallest absolute Gasteiger partial charge is 0.146 e. The first-order valence-electron chi connectivity index (χ1n) is 14.4. The van der Waals surface area contributed by atoms with Crippen molar-refractivity contribution in [1.29, 1.82) is 0 Å². The molecule has 0 amide bonds. The number of hydrogen-bond acceptors (Lipinski definition) is 1. The van der Waals surface area contributed by atoms with Gasteiger partial charge in [0.1, 0.15) is 5.82 Å². The number of imidazole rings is 1. The summed E-state index contributed by atoms with van der Waals surface area (Å²) in [6.45, 7) is 9.25. The lowest BCUT2D eigenvalue weighted by molar-refractivity contribution is 0.811. The van der Waals surface area contributed by atoms with E-state index < -0.39 is 0 Å². The average Bonchev–Trinajstić information content (AvgIpc) is 3.55. The van der Waals surface area contributed by atoms with Gasteiger partial charge in [0.05, 0.1) is 16.7 Å². The van der Waals surface area contributed by atoms with Gasteiger partial charge in [0.2, 0.25) is 0 Å². The first kappa shape index (κ1) is 24.6. The number of rotatable bonds is 5. The molecule has 0 bridgehead atoms. The average molecular weight is 519 g/mol. The molecule has 0 fully saturated rings. The van der Waals surface area contributed by atoms with Gasteiger partial charge in [-0.3, -0.25) is 4.57 Å². The zero-order valence-corrected chi connectivity index (χ0v) is 23.6. The van der Waals surface area contributed by atoms with Crippen LogP contribution in [0.1, 0.15) is 61.8 Å². The van der Waals surface area contributed by atoms with Gasteiger partial charge in [-0.1, -0.05) is 113 Å². The van der Waals surface area contributed by atoms with Crippen LogP contribution in [-0.4, -0.2) is 9.55 Å². The molecule has 0 radical (unpaired) electrons. The topological polar surface area (TPSA) is 17.8 Å². The van der Waals surface area contributed by atoms with Crippen LogP contribution in [0.3, 0.4) is 0 Å². The van der Waals surface area contributed by atoms with Gasteiger partial charge in [-0.2, -0.15) is 0 Å². The summed E-state index contributed by atoms with van der Waals surface area (Å²) in [5, 5.41) is 0. The fraction of sp³-hybridized carbons (Fsp3) is 0.184. The molecule has 1 aromatic heterocycles. The first-order chi connectivity index (χ1) is 19.5. The van der Waals surface area contributed by atoms with E-state index in [0.29, 0.717) is 11.8 Å². The Morgan fingerprint density at radius 2 is 1.23 bits per heavy atom. The normalized spacial score (nSPS) is 12.3. The molecule has 0 N–H and O–H groups in total. The van der Waals surface area contributed by atoms with Crippen LogP contribution in [0.25, 0.3) is 50.4 Å². The fourth-order valence-electron chi connectivity index (χ4n) is 6.42. The summed E-state index contributed by atoms with van der Waals surface area (Å²) in [5.74, 6) is 1.72. The molecule has 6 aromatic rings. The Morgan fingerprint density at radius 1 is 0.600 bits per heavy atom. The van der Waals surface area contributed by atoms with Crippen LogP contribution in [0.5, 0.6) is 0 Å². The molecule has 0 spiro atoms. The number of benzene rings is 5. The van der Waals surface area contributed by atoms with Crippen LogP contribution in [0.2, 0.25) is 0 Å². The molecule has 1 aliphatic carbocycles. The molecule has 7 rings (SSSR count). The van der Waals surface area contributed by atoms with E-state index >= 15 is 0 Å². The van der Waals surface area contributed by atoms with Gasteiger partial charge in [0.25, 0.3) is 0 Å². The van der Waals surface area contributed by atoms with Crippen LogP contribution in [-0.2, 0) is 6.42 Å². The van der Waals surface area contributed by atoms with Crippen LogP contribution in [0.4, 0.5) is 0 Å². The second-order valence-electron chi connectivity index (χ2n) is 11.6. The molecule has 0 aliphatic heterocycles. The maximum atomic E-state index is 5.34. The monoisotopic (exact) mass is 518 g/mol. The van der Waals surface area contributed by atoms with Gasteiger partial charge < -0.3 is 0 Å². The zero-order chi connectivity index (χ0) is 27.4. The van der Waals surface area contributed by atoms with Crippen molar-refractivity contribution < 1.29 is 0 Å². The van der Waals surface area contributed by atoms with Gasteiger partial charge >= 0.3 is 0 Å². The number of aromatic nitrogens is 2. The molecule has 0 saturated heterocycles. The SMILES string of the molecule is CC(C)c1cc(-c2ccccc2)cc(C(C)C)c1-n1c(-c2cccc3c2Cc2ccccc2-3)nc2ccccc21. The van der Waals surface area contributed by atoms with Crippen LogP contribution >= 0.6 is 0 Å². The number of para-hydroxylation sites is 2. The Hall–Kier alpha value is -4.43. The van der Waals surface area contributed by atoms with E-state index in [1.165, 1.54) is 55.8 Å². The minimum Gasteiger partial charge on any atom is -0.292 e. The Labute approximate surface area is 237 Å². The maximum Gasteiger partial charge on any atom is 0.146 e. The quantitative estimate of drug-likeness (QED) is 0.222. The van der Waals surface area contributed by atoms with E-state index in [-0.39, 0.29) is 0 Å². The molecule has 0 unspecified atom stereocenters. The Morgan fingerprint density at radius 3 is 1.98 bits per heavy atom. The molecule has 196 valence electrons. The van der Waals surface area contributed by atoms with Crippen molar-refractivity contribution in [3.8, 4) is 39.3 Å². The minimum absolute atomic E-state index is 0.343. The largest absolute Gasteiger partial charge is 0.292 e. The lowest BCUT2D eigenvalue weighted by Crippen LogP contribution is -2.10. The predicted octanol–water partition coefficient (Wildman–Crippen LogP) is 10.2. The molecule has 2 nitrogen and oxygen atoms in total. The second-order valence-corrected chi connectivity index (χ2v) is 11.6. The van der Waals surface area contributed by atoms with E-state index in [9.17, 15) is 0 Å². The van der Waals surface area contributed by atoms with Crippen LogP contribution in [0, 0.1) is 0 Å². The third-order valence-electron chi connectivity index (χ3n) is 8.40. The molecule has 1 heterocycles. The van der Waals surface area contributed by atoms with Gasteiger partial charge in [-0.05, 0) is 87.0 Å². The highest BCUT2D eigenvalue weighted by atomic mass is 15.1. The minimum atomic E-state index is 0.343. The Balaban J connectivity index is 1.55. The molecular weight excluding hydrogens is 484 g/mol. The summed E-state index contributed by atoms with van der Waals surface area (Å²) in [6, 6.07) is 39.7. The number of nitrogens with zero attached hydrogens (tertiary/aromatic N) is 2. The summed E-state index contributed by atoms with van der Waals surface area (Å²) in [6.07, 6.45) is 0.936. The Kier molecular flexibility index (Phi) is 5.93. The summed E-state index contributed by atoms with van der Waals surface area (Å²) >= 11 is 0. The van der Waals surface area contributed by atoms with E-state index in [1.54, 1.807) is 0 Å². The molecule has 0 atom stereocenters. The first-order valence-corrected chi connectivity index (χ1v) is 14.4. The molecule has 0 saturated carbocycles. The highest BCUT2D eigenvalue weighted by Gasteiger charge is 2.27. The van der Waals surface area contributed by atoms with Crippen molar-refractivity contribution in [2.45, 2.75) is 46.0 Å². The third-order valence-corrected chi connectivity index (χ3v) is 8.40. The maximum absolute atomic E-state index is 5.34. The molecule has 1 aliphatic rings. The van der Waals surface area contributed by atoms with Crippen molar-refractivity contribution in [3.63, 3.8) is 0 Å². The predicted molar refractivity (Wildman–Crippen MR) is 168 cm³/mol. The van der Waals surface area contributed by atoms with E-state index in [4.69, 9.17) is 4.98 Å². The molecule has 2 heteroatoms. The third kappa shape index (κ3) is 3.90. The van der Waals surface area contributed by atoms with Crippen molar-refractivity contribution in [2.24, 2.45) is 0 Å². The van der Waals surface area contributed by atoms with Crippen LogP contribution < -0.4 is 0 Å². The summed E-state index contributed by atoms with van der Waals surface area (Å²) in [5.41, 5.74) is 15.4. The number of fused-ring (bicyclic) bond motifs is 4. The van der Waals surface area contributed by atoms with Gasteiger partial charge in [-0.25, -0.2) is 4.98 Å². The molecular formula is C38H34N2. The molecule has 5 aromatic carbocycles. The fourth-order valence-corrected chi connectivity index (χ4v) is 6.42. The van der Waals surface area contributed by atoms with E-state index in [0.717, 1.165) is 23.3 Å². The standard InChI is InChI=1S/C38H34N2/c1-24(2)32-22-28(26-13-6-5-7-14-26)23-33(25(3)4)37(32)40-36-20-11-10-19-35(36)39-38(40)31-18-12-17-30-29-16-9-8-15-27(29)21-34(30)31/h5-20,22-25H,21H2,1-4H3. The highest BCUT2D eigenvalue weighted by Crippen LogP contribution is 2.44. The van der Waals surface area contributed by atoms with E-state index in [2.05, 4.69) is 141 Å². The zero-order valence-electron chi connectivity index (χ0n) is 23.6. The van der Waals surface area contributed by atoms with Crippen molar-refractivity contribution >= 4 is 11.0 Å². The van der Waals surface area contributed by atoms with Gasteiger partial charge in [0.15, 0.2) is 0 Å². The lowest BCUT2D eigenvalue weighted by Gasteiger charge is -2.24. The molecule has 40 heavy (non-hydrogen) atoms. The van der Waals surface area contributed by atoms with Crippen molar-refractivity contribution in [2.75, 3.05) is 0 Å². The van der Waals surface area contributed by atoms with Gasteiger partial charge in [-0.15, -0.1) is 0 Å². The van der Waals surface area contributed by atoms with Crippen molar-refractivity contribution in [1.82, 2.24) is 9.55 Å². The Bertz CT molecular complexity index is 1840. The highest BCUT2D eigenvalue weighted by molar-refractivity contribution is 5.89. The lowest BCUT2D eigenvalue weighted by atomic mass is 9.88. The second kappa shape index (κ2) is 9.64. The number of hydrogen-bond donors (Lipinski definition) is 0. The van der Waals surface area contributed by atoms with Crippen LogP contribution in [0.15, 0.2) is 109 Å². The van der Waals surface area contributed by atoms with Crippen molar-refractivity contribution in [3.05, 3.63) is 131 Å². The summed E-state index contributed by atoms with van der Waals surface area (Å²) in [4.78, 5) is 5.34. The van der Waals surface area contributed by atoms with E-state index in [1.807, 2.05) is 0 Å². The summed E-state index contributed by atoms with van der Waals surface area (Å²) in [7, 11) is 0. The van der Waals surface area contributed by atoms with Gasteiger partial charge in [0, 0.05) is 5.56 Å².